The van der Waals surface area contributed by atoms with E-state index in [0.29, 0.717) is 4.90 Å². The van der Waals surface area contributed by atoms with Crippen molar-refractivity contribution in [3.05, 3.63) is 0 Å². The molecule has 4 atom stereocenters. The first-order valence-corrected chi connectivity index (χ1v) is 6.53. The molecule has 3 heterocycles. The standard InChI is InChI=1S/C12H16N2O7/c1-5(16)14-10(18)13-9(17)12(14)8-7(6(4-15)19-12)20-11(2,3)21-8/h6-8,15H,4H2,1-3H3,(H,13,17,18)/t6-,7-,8-,12+/m1/s1. The Bertz CT molecular complexity index is 534. The van der Waals surface area contributed by atoms with E-state index in [1.165, 1.54) is 0 Å². The molecule has 0 aromatic heterocycles. The summed E-state index contributed by atoms with van der Waals surface area (Å²) in [7, 11) is 0. The molecule has 21 heavy (non-hydrogen) atoms. The molecule has 0 aromatic carbocycles. The zero-order valence-corrected chi connectivity index (χ0v) is 11.8. The fourth-order valence-electron chi connectivity index (χ4n) is 3.10. The second kappa shape index (κ2) is 4.23. The highest BCUT2D eigenvalue weighted by Crippen LogP contribution is 2.47. The first-order chi connectivity index (χ1) is 9.73. The molecule has 4 amide bonds. The zero-order chi connectivity index (χ0) is 15.6. The molecule has 0 aliphatic carbocycles. The quantitative estimate of drug-likeness (QED) is 0.578. The van der Waals surface area contributed by atoms with Gasteiger partial charge in [-0.05, 0) is 13.8 Å². The summed E-state index contributed by atoms with van der Waals surface area (Å²) >= 11 is 0. The maximum absolute atomic E-state index is 12.3. The number of urea groups is 1. The van der Waals surface area contributed by atoms with Gasteiger partial charge in [-0.25, -0.2) is 9.69 Å². The summed E-state index contributed by atoms with van der Waals surface area (Å²) in [5, 5.41) is 11.5. The Morgan fingerprint density at radius 3 is 2.57 bits per heavy atom. The zero-order valence-electron chi connectivity index (χ0n) is 11.8. The van der Waals surface area contributed by atoms with Gasteiger partial charge in [0, 0.05) is 6.92 Å². The van der Waals surface area contributed by atoms with Crippen LogP contribution in [0.1, 0.15) is 20.8 Å². The fourth-order valence-corrected chi connectivity index (χ4v) is 3.10. The summed E-state index contributed by atoms with van der Waals surface area (Å²) in [4.78, 5) is 36.6. The lowest BCUT2D eigenvalue weighted by atomic mass is 10.0. The molecule has 2 N–H and O–H groups in total. The minimum absolute atomic E-state index is 0.435. The van der Waals surface area contributed by atoms with Crippen molar-refractivity contribution in [2.24, 2.45) is 0 Å². The van der Waals surface area contributed by atoms with E-state index in [2.05, 4.69) is 5.32 Å². The van der Waals surface area contributed by atoms with Crippen LogP contribution in [0, 0.1) is 0 Å². The number of hydrogen-bond acceptors (Lipinski definition) is 7. The average molecular weight is 300 g/mol. The van der Waals surface area contributed by atoms with E-state index in [1.54, 1.807) is 13.8 Å². The molecule has 3 fully saturated rings. The van der Waals surface area contributed by atoms with Gasteiger partial charge in [-0.15, -0.1) is 0 Å². The third kappa shape index (κ3) is 1.75. The van der Waals surface area contributed by atoms with Crippen LogP contribution in [0.5, 0.6) is 0 Å². The lowest BCUT2D eigenvalue weighted by molar-refractivity contribution is -0.230. The van der Waals surface area contributed by atoms with Crippen LogP contribution < -0.4 is 5.32 Å². The van der Waals surface area contributed by atoms with Crippen LogP contribution in [0.2, 0.25) is 0 Å². The smallest absolute Gasteiger partial charge is 0.333 e. The van der Waals surface area contributed by atoms with Gasteiger partial charge >= 0.3 is 6.03 Å². The second-order valence-corrected chi connectivity index (χ2v) is 5.67. The summed E-state index contributed by atoms with van der Waals surface area (Å²) in [5.74, 6) is -2.48. The molecule has 0 aromatic rings. The third-order valence-corrected chi connectivity index (χ3v) is 3.79. The Labute approximate surface area is 120 Å². The number of carbonyl (C=O) groups excluding carboxylic acids is 3. The number of amides is 4. The Balaban J connectivity index is 2.09. The highest BCUT2D eigenvalue weighted by atomic mass is 16.8. The van der Waals surface area contributed by atoms with Crippen LogP contribution in [0.4, 0.5) is 4.79 Å². The molecular formula is C12H16N2O7. The van der Waals surface area contributed by atoms with Crippen LogP contribution in [0.3, 0.4) is 0 Å². The predicted octanol–water partition coefficient (Wildman–Crippen LogP) is -1.31. The average Bonchev–Trinajstić information content (AvgIpc) is 2.90. The molecule has 3 rings (SSSR count). The lowest BCUT2D eigenvalue weighted by Gasteiger charge is -2.33. The Kier molecular flexibility index (Phi) is 2.90. The normalized spacial score (nSPS) is 40.8. The van der Waals surface area contributed by atoms with Crippen molar-refractivity contribution in [1.82, 2.24) is 10.2 Å². The lowest BCUT2D eigenvalue weighted by Crippen LogP contribution is -2.59. The maximum atomic E-state index is 12.3. The molecule has 0 saturated carbocycles. The molecular weight excluding hydrogens is 284 g/mol. The number of hydrogen-bond donors (Lipinski definition) is 2. The highest BCUT2D eigenvalue weighted by molar-refractivity contribution is 6.13. The SMILES string of the molecule is CC(=O)N1C(=O)NC(=O)[C@]12O[C@H](CO)[C@H]1OC(C)(C)O[C@H]12. The van der Waals surface area contributed by atoms with Crippen LogP contribution in [0.25, 0.3) is 0 Å². The Hall–Kier alpha value is -1.55. The van der Waals surface area contributed by atoms with E-state index >= 15 is 0 Å². The molecule has 9 nitrogen and oxygen atoms in total. The largest absolute Gasteiger partial charge is 0.394 e. The van der Waals surface area contributed by atoms with Crippen molar-refractivity contribution in [1.29, 1.82) is 0 Å². The molecule has 3 saturated heterocycles. The summed E-state index contributed by atoms with van der Waals surface area (Å²) < 4.78 is 16.9. The van der Waals surface area contributed by atoms with Gasteiger partial charge in [-0.3, -0.25) is 14.9 Å². The summed E-state index contributed by atoms with van der Waals surface area (Å²) in [6.07, 6.45) is -2.64. The minimum Gasteiger partial charge on any atom is -0.394 e. The number of imide groups is 2. The number of carbonyl (C=O) groups is 3. The first kappa shape index (κ1) is 14.4. The topological polar surface area (TPSA) is 114 Å². The van der Waals surface area contributed by atoms with Crippen molar-refractivity contribution in [3.8, 4) is 0 Å². The highest BCUT2D eigenvalue weighted by Gasteiger charge is 2.73. The van der Waals surface area contributed by atoms with Gasteiger partial charge in [0.25, 0.3) is 11.6 Å². The number of nitrogens with one attached hydrogen (secondary N) is 1. The van der Waals surface area contributed by atoms with Crippen LogP contribution in [0.15, 0.2) is 0 Å². The number of fused-ring (bicyclic) bond motifs is 2. The Morgan fingerprint density at radius 2 is 2.00 bits per heavy atom. The Morgan fingerprint density at radius 1 is 1.33 bits per heavy atom. The van der Waals surface area contributed by atoms with Crippen LogP contribution >= 0.6 is 0 Å². The van der Waals surface area contributed by atoms with Gasteiger partial charge in [0.2, 0.25) is 5.91 Å². The molecule has 9 heteroatoms. The molecule has 0 unspecified atom stereocenters. The molecule has 0 bridgehead atoms. The summed E-state index contributed by atoms with van der Waals surface area (Å²) in [6, 6.07) is -0.877. The predicted molar refractivity (Wildman–Crippen MR) is 64.6 cm³/mol. The third-order valence-electron chi connectivity index (χ3n) is 3.79. The van der Waals surface area contributed by atoms with E-state index in [9.17, 15) is 19.5 Å². The van der Waals surface area contributed by atoms with Gasteiger partial charge in [-0.2, -0.15) is 0 Å². The van der Waals surface area contributed by atoms with Gasteiger partial charge < -0.3 is 19.3 Å². The minimum atomic E-state index is -1.94. The molecule has 0 radical (unpaired) electrons. The van der Waals surface area contributed by atoms with E-state index in [1.807, 2.05) is 0 Å². The van der Waals surface area contributed by atoms with Crippen LogP contribution in [-0.2, 0) is 23.8 Å². The van der Waals surface area contributed by atoms with Gasteiger partial charge in [0.1, 0.15) is 18.3 Å². The maximum Gasteiger partial charge on any atom is 0.333 e. The van der Waals surface area contributed by atoms with Crippen molar-refractivity contribution < 1.29 is 33.7 Å². The van der Waals surface area contributed by atoms with Gasteiger partial charge in [-0.1, -0.05) is 0 Å². The number of aliphatic hydroxyl groups is 1. The van der Waals surface area contributed by atoms with E-state index in [-0.39, 0.29) is 0 Å². The second-order valence-electron chi connectivity index (χ2n) is 5.67. The fraction of sp³-hybridized carbons (Fsp3) is 0.750. The molecule has 1 spiro atoms. The van der Waals surface area contributed by atoms with E-state index < -0.39 is 54.3 Å². The van der Waals surface area contributed by atoms with E-state index in [4.69, 9.17) is 14.2 Å². The monoisotopic (exact) mass is 300 g/mol. The molecule has 116 valence electrons. The van der Waals surface area contributed by atoms with Gasteiger partial charge in [0.15, 0.2) is 5.79 Å². The molecule has 3 aliphatic heterocycles. The van der Waals surface area contributed by atoms with Crippen molar-refractivity contribution in [2.45, 2.75) is 50.6 Å². The summed E-state index contributed by atoms with van der Waals surface area (Å²) in [5.41, 5.74) is -1.94. The van der Waals surface area contributed by atoms with Crippen LogP contribution in [-0.4, -0.2) is 64.3 Å². The first-order valence-electron chi connectivity index (χ1n) is 6.53. The number of rotatable bonds is 1. The van der Waals surface area contributed by atoms with E-state index in [0.717, 1.165) is 6.92 Å². The number of aliphatic hydroxyl groups excluding tert-OH is 1. The molecule has 3 aliphatic rings. The van der Waals surface area contributed by atoms with Gasteiger partial charge in [0.05, 0.1) is 6.61 Å². The number of nitrogens with zero attached hydrogens (tertiary/aromatic N) is 1. The van der Waals surface area contributed by atoms with Crippen molar-refractivity contribution in [3.63, 3.8) is 0 Å². The van der Waals surface area contributed by atoms with Crippen molar-refractivity contribution in [2.75, 3.05) is 6.61 Å². The summed E-state index contributed by atoms with van der Waals surface area (Å²) in [6.45, 7) is 3.99. The van der Waals surface area contributed by atoms with Crippen molar-refractivity contribution >= 4 is 17.8 Å². The number of ether oxygens (including phenoxy) is 3.